The number of nitrogens with one attached hydrogen (secondary N) is 2. The van der Waals surface area contributed by atoms with Gasteiger partial charge in [0.25, 0.3) is 0 Å². The molecule has 8 heteroatoms. The molecule has 0 bridgehead atoms. The molecule has 1 aromatic heterocycles. The summed E-state index contributed by atoms with van der Waals surface area (Å²) in [5, 5.41) is 17.0. The number of hydrogen-bond acceptors (Lipinski definition) is 7. The molecule has 0 saturated carbocycles. The minimum atomic E-state index is -0.503. The molecule has 0 radical (unpaired) electrons. The number of nitrogens with zero attached hydrogens (tertiary/aromatic N) is 3. The second-order valence-electron chi connectivity index (χ2n) is 4.07. The summed E-state index contributed by atoms with van der Waals surface area (Å²) in [5.74, 6) is 0.524. The van der Waals surface area contributed by atoms with Gasteiger partial charge in [0.15, 0.2) is 0 Å². The van der Waals surface area contributed by atoms with Crippen LogP contribution in [0.15, 0.2) is 35.4 Å². The van der Waals surface area contributed by atoms with E-state index in [0.29, 0.717) is 12.5 Å². The molecule has 0 spiro atoms. The van der Waals surface area contributed by atoms with Gasteiger partial charge < -0.3 is 10.6 Å². The van der Waals surface area contributed by atoms with Gasteiger partial charge >= 0.3 is 5.69 Å². The minimum absolute atomic E-state index is 0.161. The number of benzene rings is 1. The van der Waals surface area contributed by atoms with E-state index in [1.54, 1.807) is 11.8 Å². The maximum atomic E-state index is 11.1. The molecular weight excluding hydrogens is 290 g/mol. The maximum Gasteiger partial charge on any atom is 0.329 e. The molecule has 0 fully saturated rings. The Bertz CT molecular complexity index is 650. The highest BCUT2D eigenvalue weighted by Crippen LogP contribution is 2.27. The number of aromatic nitrogens is 2. The zero-order chi connectivity index (χ0) is 15.2. The summed E-state index contributed by atoms with van der Waals surface area (Å²) in [7, 11) is 0. The molecule has 2 aromatic rings. The Balaban J connectivity index is 2.35. The Labute approximate surface area is 126 Å². The SMILES string of the molecule is CCNc1ncc([N+](=O)[O-])c(Nc2cccc(SC)c2)n1. The molecule has 2 rings (SSSR count). The van der Waals surface area contributed by atoms with Crippen molar-refractivity contribution in [2.24, 2.45) is 0 Å². The maximum absolute atomic E-state index is 11.1. The van der Waals surface area contributed by atoms with Crippen LogP contribution in [0, 0.1) is 10.1 Å². The van der Waals surface area contributed by atoms with Crippen molar-refractivity contribution in [1.82, 2.24) is 9.97 Å². The lowest BCUT2D eigenvalue weighted by atomic mass is 10.3. The van der Waals surface area contributed by atoms with Crippen molar-refractivity contribution in [3.8, 4) is 0 Å². The van der Waals surface area contributed by atoms with Gasteiger partial charge in [0.05, 0.1) is 4.92 Å². The summed E-state index contributed by atoms with van der Waals surface area (Å²) in [6.07, 6.45) is 3.17. The molecular formula is C13H15N5O2S. The van der Waals surface area contributed by atoms with E-state index < -0.39 is 4.92 Å². The van der Waals surface area contributed by atoms with Crippen molar-refractivity contribution >= 4 is 34.9 Å². The van der Waals surface area contributed by atoms with Gasteiger partial charge in [-0.1, -0.05) is 6.07 Å². The van der Waals surface area contributed by atoms with Gasteiger partial charge in [-0.15, -0.1) is 11.8 Å². The summed E-state index contributed by atoms with van der Waals surface area (Å²) < 4.78 is 0. The van der Waals surface area contributed by atoms with E-state index in [2.05, 4.69) is 20.6 Å². The summed E-state index contributed by atoms with van der Waals surface area (Å²) >= 11 is 1.60. The molecule has 1 heterocycles. The number of nitro groups is 1. The first kappa shape index (κ1) is 15.0. The lowest BCUT2D eigenvalue weighted by molar-refractivity contribution is -0.384. The Morgan fingerprint density at radius 2 is 2.24 bits per heavy atom. The highest BCUT2D eigenvalue weighted by molar-refractivity contribution is 7.98. The van der Waals surface area contributed by atoms with E-state index in [1.807, 2.05) is 37.4 Å². The molecule has 21 heavy (non-hydrogen) atoms. The number of anilines is 3. The molecule has 0 aliphatic heterocycles. The van der Waals surface area contributed by atoms with Gasteiger partial charge in [0.1, 0.15) is 6.20 Å². The first-order valence-electron chi connectivity index (χ1n) is 6.30. The Morgan fingerprint density at radius 1 is 1.43 bits per heavy atom. The Hall–Kier alpha value is -2.35. The summed E-state index contributed by atoms with van der Waals surface area (Å²) in [6.45, 7) is 2.54. The van der Waals surface area contributed by atoms with E-state index in [0.717, 1.165) is 10.6 Å². The third kappa shape index (κ3) is 3.82. The molecule has 1 aromatic carbocycles. The van der Waals surface area contributed by atoms with Crippen LogP contribution in [-0.2, 0) is 0 Å². The zero-order valence-corrected chi connectivity index (χ0v) is 12.5. The fourth-order valence-corrected chi connectivity index (χ4v) is 2.14. The summed E-state index contributed by atoms with van der Waals surface area (Å²) in [4.78, 5) is 19.7. The standard InChI is InChI=1S/C13H15N5O2S/c1-3-14-13-15-8-11(18(19)20)12(17-13)16-9-5-4-6-10(7-9)21-2/h4-8H,3H2,1-2H3,(H2,14,15,16,17). The molecule has 0 saturated heterocycles. The first-order valence-corrected chi connectivity index (χ1v) is 7.53. The monoisotopic (exact) mass is 305 g/mol. The fourth-order valence-electron chi connectivity index (χ4n) is 1.68. The van der Waals surface area contributed by atoms with E-state index >= 15 is 0 Å². The number of rotatable bonds is 6. The van der Waals surface area contributed by atoms with Gasteiger partial charge in [-0.05, 0) is 31.4 Å². The Morgan fingerprint density at radius 3 is 2.90 bits per heavy atom. The molecule has 0 amide bonds. The second kappa shape index (κ2) is 6.89. The molecule has 7 nitrogen and oxygen atoms in total. The highest BCUT2D eigenvalue weighted by atomic mass is 32.2. The number of thioether (sulfide) groups is 1. The van der Waals surface area contributed by atoms with Crippen molar-refractivity contribution in [2.75, 3.05) is 23.4 Å². The van der Waals surface area contributed by atoms with E-state index in [9.17, 15) is 10.1 Å². The normalized spacial score (nSPS) is 10.2. The third-order valence-electron chi connectivity index (χ3n) is 2.63. The highest BCUT2D eigenvalue weighted by Gasteiger charge is 2.17. The third-order valence-corrected chi connectivity index (χ3v) is 3.36. The lowest BCUT2D eigenvalue weighted by Crippen LogP contribution is -2.06. The molecule has 0 aliphatic rings. The molecule has 110 valence electrons. The van der Waals surface area contributed by atoms with Crippen LogP contribution in [0.25, 0.3) is 0 Å². The second-order valence-corrected chi connectivity index (χ2v) is 4.95. The van der Waals surface area contributed by atoms with Gasteiger partial charge in [-0.3, -0.25) is 10.1 Å². The summed E-state index contributed by atoms with van der Waals surface area (Å²) in [5.41, 5.74) is 0.581. The average molecular weight is 305 g/mol. The van der Waals surface area contributed by atoms with Gasteiger partial charge in [-0.25, -0.2) is 4.98 Å². The van der Waals surface area contributed by atoms with Crippen LogP contribution in [0.1, 0.15) is 6.92 Å². The topological polar surface area (TPSA) is 93.0 Å². The van der Waals surface area contributed by atoms with Crippen LogP contribution in [0.3, 0.4) is 0 Å². The van der Waals surface area contributed by atoms with Crippen LogP contribution in [0.5, 0.6) is 0 Å². The van der Waals surface area contributed by atoms with Gasteiger partial charge in [0, 0.05) is 17.1 Å². The predicted octanol–water partition coefficient (Wildman–Crippen LogP) is 3.28. The zero-order valence-electron chi connectivity index (χ0n) is 11.7. The van der Waals surface area contributed by atoms with Crippen LogP contribution in [0.4, 0.5) is 23.1 Å². The lowest BCUT2D eigenvalue weighted by Gasteiger charge is -2.09. The van der Waals surface area contributed by atoms with Crippen LogP contribution >= 0.6 is 11.8 Å². The molecule has 2 N–H and O–H groups in total. The van der Waals surface area contributed by atoms with E-state index in [1.165, 1.54) is 6.20 Å². The number of hydrogen-bond donors (Lipinski definition) is 2. The predicted molar refractivity (Wildman–Crippen MR) is 84.4 cm³/mol. The quantitative estimate of drug-likeness (QED) is 0.480. The minimum Gasteiger partial charge on any atom is -0.354 e. The van der Waals surface area contributed by atoms with Crippen molar-refractivity contribution in [1.29, 1.82) is 0 Å². The fraction of sp³-hybridized carbons (Fsp3) is 0.231. The van der Waals surface area contributed by atoms with Gasteiger partial charge in [0.2, 0.25) is 11.8 Å². The first-order chi connectivity index (χ1) is 10.1. The van der Waals surface area contributed by atoms with E-state index in [-0.39, 0.29) is 11.5 Å². The Kier molecular flexibility index (Phi) is 4.94. The van der Waals surface area contributed by atoms with Crippen LogP contribution in [0.2, 0.25) is 0 Å². The van der Waals surface area contributed by atoms with E-state index in [4.69, 9.17) is 0 Å². The molecule has 0 unspecified atom stereocenters. The molecule has 0 atom stereocenters. The smallest absolute Gasteiger partial charge is 0.329 e. The van der Waals surface area contributed by atoms with Crippen LogP contribution < -0.4 is 10.6 Å². The molecule has 0 aliphatic carbocycles. The van der Waals surface area contributed by atoms with Crippen molar-refractivity contribution in [3.05, 3.63) is 40.6 Å². The summed E-state index contributed by atoms with van der Waals surface area (Å²) in [6, 6.07) is 7.59. The van der Waals surface area contributed by atoms with Crippen molar-refractivity contribution in [2.45, 2.75) is 11.8 Å². The average Bonchev–Trinajstić information content (AvgIpc) is 2.48. The van der Waals surface area contributed by atoms with Crippen molar-refractivity contribution < 1.29 is 4.92 Å². The van der Waals surface area contributed by atoms with Crippen LogP contribution in [-0.4, -0.2) is 27.7 Å². The largest absolute Gasteiger partial charge is 0.354 e. The van der Waals surface area contributed by atoms with Gasteiger partial charge in [-0.2, -0.15) is 4.98 Å². The van der Waals surface area contributed by atoms with Crippen molar-refractivity contribution in [3.63, 3.8) is 0 Å².